The Bertz CT molecular complexity index is 1080. The van der Waals surface area contributed by atoms with Crippen molar-refractivity contribution in [2.45, 2.75) is 0 Å². The Morgan fingerprint density at radius 2 is 1.96 bits per heavy atom. The average molecular weight is 381 g/mol. The van der Waals surface area contributed by atoms with Crippen molar-refractivity contribution in [1.82, 2.24) is 19.7 Å². The summed E-state index contributed by atoms with van der Waals surface area (Å²) < 4.78 is 1.35. The Labute approximate surface area is 158 Å². The van der Waals surface area contributed by atoms with E-state index in [1.54, 1.807) is 25.2 Å². The molecular formula is C17H15N7O4. The molecule has 0 saturated heterocycles. The molecule has 0 unspecified atom stereocenters. The number of nitrogens with two attached hydrogens (primary N) is 1. The fourth-order valence-corrected chi connectivity index (χ4v) is 2.44. The molecule has 11 heteroatoms. The second-order valence-electron chi connectivity index (χ2n) is 5.65. The van der Waals surface area contributed by atoms with Gasteiger partial charge in [-0.1, -0.05) is 6.07 Å². The molecule has 3 heterocycles. The molecule has 0 aliphatic rings. The maximum atomic E-state index is 12.5. The van der Waals surface area contributed by atoms with Crippen LogP contribution in [0.1, 0.15) is 21.0 Å². The number of pyridine rings is 2. The highest BCUT2D eigenvalue weighted by atomic mass is 16.4. The third-order valence-corrected chi connectivity index (χ3v) is 3.58. The number of aryl methyl sites for hydroxylation is 1. The number of primary amides is 1. The molecule has 0 bridgehead atoms. The van der Waals surface area contributed by atoms with Crippen molar-refractivity contribution >= 4 is 29.4 Å². The van der Waals surface area contributed by atoms with Gasteiger partial charge < -0.3 is 16.2 Å². The summed E-state index contributed by atoms with van der Waals surface area (Å²) in [6.07, 6.45) is 1.63. The van der Waals surface area contributed by atoms with E-state index in [9.17, 15) is 14.4 Å². The molecule has 0 saturated carbocycles. The van der Waals surface area contributed by atoms with Gasteiger partial charge in [-0.15, -0.1) is 0 Å². The van der Waals surface area contributed by atoms with Crippen molar-refractivity contribution in [2.24, 2.45) is 12.8 Å². The summed E-state index contributed by atoms with van der Waals surface area (Å²) in [5, 5.41) is 17.4. The standard InChI is InChI=1S/C17H15N7O4/c1-24-8-12(14(23-24)15(18)25)21-16(26)11-4-2-3-10(20-11)9-5-6-19-13(7-9)22-17(27)28/h2-8H,1H3,(H2,18,25)(H,19,22)(H,21,26)(H,27,28). The second kappa shape index (κ2) is 7.53. The summed E-state index contributed by atoms with van der Waals surface area (Å²) in [5.41, 5.74) is 6.44. The Morgan fingerprint density at radius 3 is 2.68 bits per heavy atom. The van der Waals surface area contributed by atoms with Gasteiger partial charge in [-0.3, -0.25) is 19.6 Å². The molecule has 11 nitrogen and oxygen atoms in total. The number of hydrogen-bond donors (Lipinski definition) is 4. The molecular weight excluding hydrogens is 366 g/mol. The summed E-state index contributed by atoms with van der Waals surface area (Å²) in [7, 11) is 1.59. The van der Waals surface area contributed by atoms with Gasteiger partial charge in [-0.05, 0) is 24.3 Å². The van der Waals surface area contributed by atoms with Gasteiger partial charge in [0.25, 0.3) is 11.8 Å². The number of nitrogens with zero attached hydrogens (tertiary/aromatic N) is 4. The zero-order chi connectivity index (χ0) is 20.3. The average Bonchev–Trinajstić information content (AvgIpc) is 3.02. The summed E-state index contributed by atoms with van der Waals surface area (Å²) >= 11 is 0. The van der Waals surface area contributed by atoms with Gasteiger partial charge in [0.05, 0.1) is 11.4 Å². The second-order valence-corrected chi connectivity index (χ2v) is 5.65. The van der Waals surface area contributed by atoms with Crippen LogP contribution >= 0.6 is 0 Å². The molecule has 142 valence electrons. The number of anilines is 2. The van der Waals surface area contributed by atoms with Gasteiger partial charge in [-0.25, -0.2) is 14.8 Å². The molecule has 3 aromatic rings. The molecule has 5 N–H and O–H groups in total. The van der Waals surface area contributed by atoms with Gasteiger partial charge in [0, 0.05) is 25.0 Å². The molecule has 0 radical (unpaired) electrons. The van der Waals surface area contributed by atoms with E-state index < -0.39 is 17.9 Å². The molecule has 3 aromatic heterocycles. The maximum absolute atomic E-state index is 12.5. The van der Waals surface area contributed by atoms with Crippen LogP contribution in [0.5, 0.6) is 0 Å². The van der Waals surface area contributed by atoms with Crippen LogP contribution in [0, 0.1) is 0 Å². The number of carbonyl (C=O) groups excluding carboxylic acids is 2. The van der Waals surface area contributed by atoms with Crippen LogP contribution in [0.3, 0.4) is 0 Å². The molecule has 3 rings (SSSR count). The topological polar surface area (TPSA) is 165 Å². The first-order chi connectivity index (χ1) is 13.3. The fourth-order valence-electron chi connectivity index (χ4n) is 2.44. The molecule has 0 spiro atoms. The van der Waals surface area contributed by atoms with Crippen LogP contribution in [-0.2, 0) is 7.05 Å². The van der Waals surface area contributed by atoms with E-state index in [4.69, 9.17) is 10.8 Å². The molecule has 28 heavy (non-hydrogen) atoms. The zero-order valence-corrected chi connectivity index (χ0v) is 14.6. The first-order valence-electron chi connectivity index (χ1n) is 7.91. The Morgan fingerprint density at radius 1 is 1.18 bits per heavy atom. The van der Waals surface area contributed by atoms with Crippen LogP contribution in [-0.4, -0.2) is 42.8 Å². The van der Waals surface area contributed by atoms with Crippen molar-refractivity contribution in [3.8, 4) is 11.3 Å². The minimum Gasteiger partial charge on any atom is -0.465 e. The minimum atomic E-state index is -1.24. The number of rotatable bonds is 5. The van der Waals surface area contributed by atoms with Crippen molar-refractivity contribution in [3.05, 3.63) is 54.1 Å². The molecule has 0 aliphatic carbocycles. The molecule has 0 fully saturated rings. The first-order valence-corrected chi connectivity index (χ1v) is 7.91. The van der Waals surface area contributed by atoms with E-state index >= 15 is 0 Å². The zero-order valence-electron chi connectivity index (χ0n) is 14.6. The lowest BCUT2D eigenvalue weighted by Gasteiger charge is -2.07. The van der Waals surface area contributed by atoms with E-state index in [1.165, 1.54) is 29.2 Å². The lowest BCUT2D eigenvalue weighted by Crippen LogP contribution is -2.18. The van der Waals surface area contributed by atoms with Crippen molar-refractivity contribution in [3.63, 3.8) is 0 Å². The largest absolute Gasteiger partial charge is 0.465 e. The van der Waals surface area contributed by atoms with Crippen LogP contribution in [0.2, 0.25) is 0 Å². The van der Waals surface area contributed by atoms with Crippen LogP contribution in [0.25, 0.3) is 11.3 Å². The summed E-state index contributed by atoms with van der Waals surface area (Å²) in [6.45, 7) is 0. The number of amides is 3. The van der Waals surface area contributed by atoms with Crippen LogP contribution in [0.4, 0.5) is 16.3 Å². The number of hydrogen-bond acceptors (Lipinski definition) is 6. The van der Waals surface area contributed by atoms with Gasteiger partial charge in [0.15, 0.2) is 5.69 Å². The van der Waals surface area contributed by atoms with Gasteiger partial charge in [0.1, 0.15) is 11.5 Å². The van der Waals surface area contributed by atoms with Crippen molar-refractivity contribution in [1.29, 1.82) is 0 Å². The molecule has 3 amide bonds. The highest BCUT2D eigenvalue weighted by Gasteiger charge is 2.17. The highest BCUT2D eigenvalue weighted by Crippen LogP contribution is 2.20. The van der Waals surface area contributed by atoms with Gasteiger partial charge in [-0.2, -0.15) is 5.10 Å². The van der Waals surface area contributed by atoms with Gasteiger partial charge in [0.2, 0.25) is 0 Å². The minimum absolute atomic E-state index is 0.0643. The maximum Gasteiger partial charge on any atom is 0.410 e. The number of carbonyl (C=O) groups is 3. The smallest absolute Gasteiger partial charge is 0.410 e. The number of aromatic nitrogens is 4. The predicted octanol–water partition coefficient (Wildman–Crippen LogP) is 1.32. The number of carboxylic acid groups (broad SMARTS) is 1. The quantitative estimate of drug-likeness (QED) is 0.517. The van der Waals surface area contributed by atoms with Crippen molar-refractivity contribution in [2.75, 3.05) is 10.6 Å². The SMILES string of the molecule is Cn1cc(NC(=O)c2cccc(-c3ccnc(NC(=O)O)c3)n2)c(C(N)=O)n1. The Hall–Kier alpha value is -4.28. The number of nitrogens with one attached hydrogen (secondary N) is 2. The highest BCUT2D eigenvalue weighted by molar-refractivity contribution is 6.07. The fraction of sp³-hybridized carbons (Fsp3) is 0.0588. The lowest BCUT2D eigenvalue weighted by atomic mass is 10.1. The third-order valence-electron chi connectivity index (χ3n) is 3.58. The van der Waals surface area contributed by atoms with E-state index in [-0.39, 0.29) is 22.9 Å². The monoisotopic (exact) mass is 381 g/mol. The van der Waals surface area contributed by atoms with Crippen LogP contribution in [0.15, 0.2) is 42.7 Å². The molecule has 0 aromatic carbocycles. The van der Waals surface area contributed by atoms with E-state index in [0.717, 1.165) is 0 Å². The van der Waals surface area contributed by atoms with Crippen molar-refractivity contribution < 1.29 is 19.5 Å². The van der Waals surface area contributed by atoms with E-state index in [2.05, 4.69) is 25.7 Å². The van der Waals surface area contributed by atoms with Crippen LogP contribution < -0.4 is 16.4 Å². The summed E-state index contributed by atoms with van der Waals surface area (Å²) in [5.74, 6) is -1.20. The van der Waals surface area contributed by atoms with Gasteiger partial charge >= 0.3 is 6.09 Å². The Balaban J connectivity index is 1.86. The normalized spacial score (nSPS) is 10.3. The molecule has 0 aliphatic heterocycles. The molecule has 0 atom stereocenters. The summed E-state index contributed by atoms with van der Waals surface area (Å²) in [6, 6.07) is 7.90. The Kier molecular flexibility index (Phi) is 4.98. The van der Waals surface area contributed by atoms with E-state index in [0.29, 0.717) is 11.3 Å². The van der Waals surface area contributed by atoms with E-state index in [1.807, 2.05) is 0 Å². The summed E-state index contributed by atoms with van der Waals surface area (Å²) in [4.78, 5) is 42.9. The lowest BCUT2D eigenvalue weighted by molar-refractivity contribution is 0.0995. The predicted molar refractivity (Wildman–Crippen MR) is 98.8 cm³/mol. The third kappa shape index (κ3) is 4.09. The first kappa shape index (κ1) is 18.5.